The summed E-state index contributed by atoms with van der Waals surface area (Å²) in [6, 6.07) is 8.93. The lowest BCUT2D eigenvalue weighted by molar-refractivity contribution is -0.881. The zero-order valence-corrected chi connectivity index (χ0v) is 16.2. The Kier molecular flexibility index (Phi) is 6.47. The topological polar surface area (TPSA) is 105 Å². The summed E-state index contributed by atoms with van der Waals surface area (Å²) >= 11 is 1.30. The zero-order valence-electron chi connectivity index (χ0n) is 15.4. The first-order valence-electron chi connectivity index (χ1n) is 8.89. The standard InChI is InChI=1S/C19H20N4O4S/c1-2-23(12-18(25)22-19-13(10-20)5-8-28-19)11-17(24)21-14-3-4-15-16(9-14)27-7-6-26-15/h3-5,8-9H,2,6-7,11-12H2,1H3,(H,21,24)(H,22,25)/p+1. The minimum absolute atomic E-state index is 0.133. The van der Waals surface area contributed by atoms with Crippen molar-refractivity contribution in [2.24, 2.45) is 0 Å². The normalized spacial score (nSPS) is 13.3. The van der Waals surface area contributed by atoms with Crippen molar-refractivity contribution in [3.8, 4) is 17.6 Å². The first-order chi connectivity index (χ1) is 13.6. The van der Waals surface area contributed by atoms with E-state index in [2.05, 4.69) is 10.6 Å². The smallest absolute Gasteiger partial charge is 0.280 e. The van der Waals surface area contributed by atoms with E-state index in [0.29, 0.717) is 47.5 Å². The van der Waals surface area contributed by atoms with Gasteiger partial charge in [-0.25, -0.2) is 0 Å². The minimum Gasteiger partial charge on any atom is -0.486 e. The van der Waals surface area contributed by atoms with Gasteiger partial charge in [0.05, 0.1) is 12.1 Å². The molecule has 0 radical (unpaired) electrons. The molecule has 2 amide bonds. The van der Waals surface area contributed by atoms with E-state index in [1.54, 1.807) is 29.6 Å². The van der Waals surface area contributed by atoms with Crippen LogP contribution in [0.5, 0.6) is 11.5 Å². The monoisotopic (exact) mass is 401 g/mol. The van der Waals surface area contributed by atoms with Gasteiger partial charge in [-0.3, -0.25) is 9.59 Å². The second-order valence-corrected chi connectivity index (χ2v) is 7.10. The van der Waals surface area contributed by atoms with E-state index in [9.17, 15) is 9.59 Å². The van der Waals surface area contributed by atoms with Crippen molar-refractivity contribution in [1.29, 1.82) is 5.26 Å². The van der Waals surface area contributed by atoms with Gasteiger partial charge in [0.2, 0.25) is 0 Å². The summed E-state index contributed by atoms with van der Waals surface area (Å²) in [4.78, 5) is 25.4. The van der Waals surface area contributed by atoms with E-state index < -0.39 is 0 Å². The van der Waals surface area contributed by atoms with E-state index in [1.807, 2.05) is 13.0 Å². The molecule has 0 saturated carbocycles. The third kappa shape index (κ3) is 5.00. The van der Waals surface area contributed by atoms with Gasteiger partial charge >= 0.3 is 0 Å². The maximum atomic E-state index is 12.4. The van der Waals surface area contributed by atoms with Crippen molar-refractivity contribution in [3.63, 3.8) is 0 Å². The van der Waals surface area contributed by atoms with Crippen molar-refractivity contribution in [1.82, 2.24) is 0 Å². The van der Waals surface area contributed by atoms with E-state index in [1.165, 1.54) is 11.3 Å². The maximum absolute atomic E-state index is 12.4. The molecule has 1 aromatic carbocycles. The van der Waals surface area contributed by atoms with Crippen LogP contribution in [-0.2, 0) is 9.59 Å². The quantitative estimate of drug-likeness (QED) is 0.639. The number of carbonyl (C=O) groups excluding carboxylic acids is 2. The average Bonchev–Trinajstić information content (AvgIpc) is 3.14. The summed E-state index contributed by atoms with van der Waals surface area (Å²) in [6.07, 6.45) is 0. The summed E-state index contributed by atoms with van der Waals surface area (Å²) in [5.74, 6) is 0.831. The molecule has 3 rings (SSSR count). The number of rotatable bonds is 7. The second kappa shape index (κ2) is 9.21. The van der Waals surface area contributed by atoms with Gasteiger partial charge in [0.15, 0.2) is 24.6 Å². The third-order valence-electron chi connectivity index (χ3n) is 4.19. The van der Waals surface area contributed by atoms with Gasteiger partial charge in [-0.2, -0.15) is 5.26 Å². The molecule has 0 bridgehead atoms. The summed E-state index contributed by atoms with van der Waals surface area (Å²) in [5, 5.41) is 16.9. The molecule has 3 N–H and O–H groups in total. The van der Waals surface area contributed by atoms with Crippen LogP contribution < -0.4 is 25.0 Å². The van der Waals surface area contributed by atoms with Crippen LogP contribution in [0, 0.1) is 11.3 Å². The lowest BCUT2D eigenvalue weighted by atomic mass is 10.2. The Bertz CT molecular complexity index is 906. The molecule has 0 spiro atoms. The molecule has 0 aliphatic carbocycles. The Morgan fingerprint density at radius 3 is 2.57 bits per heavy atom. The Morgan fingerprint density at radius 1 is 1.14 bits per heavy atom. The number of benzene rings is 1. The molecule has 1 unspecified atom stereocenters. The van der Waals surface area contributed by atoms with Crippen LogP contribution in [0.3, 0.4) is 0 Å². The Balaban J connectivity index is 1.53. The largest absolute Gasteiger partial charge is 0.486 e. The highest BCUT2D eigenvalue weighted by atomic mass is 32.1. The van der Waals surface area contributed by atoms with Crippen molar-refractivity contribution >= 4 is 33.8 Å². The predicted molar refractivity (Wildman–Crippen MR) is 105 cm³/mol. The first kappa shape index (κ1) is 19.7. The SMILES string of the molecule is CC[NH+](CC(=O)Nc1ccc2c(c1)OCCO2)CC(=O)Nc1sccc1C#N. The predicted octanol–water partition coefficient (Wildman–Crippen LogP) is 0.873. The van der Waals surface area contributed by atoms with Crippen LogP contribution in [0.1, 0.15) is 12.5 Å². The Hall–Kier alpha value is -3.09. The molecule has 28 heavy (non-hydrogen) atoms. The molecule has 8 nitrogen and oxygen atoms in total. The number of quaternary nitrogens is 1. The highest BCUT2D eigenvalue weighted by molar-refractivity contribution is 7.14. The van der Waals surface area contributed by atoms with Crippen molar-refractivity contribution < 1.29 is 24.0 Å². The molecule has 2 heterocycles. The van der Waals surface area contributed by atoms with Gasteiger partial charge in [0.25, 0.3) is 11.8 Å². The van der Waals surface area contributed by atoms with Gasteiger partial charge < -0.3 is 25.0 Å². The van der Waals surface area contributed by atoms with Crippen molar-refractivity contribution in [3.05, 3.63) is 35.2 Å². The van der Waals surface area contributed by atoms with E-state index in [0.717, 1.165) is 4.90 Å². The van der Waals surface area contributed by atoms with Gasteiger partial charge in [0.1, 0.15) is 24.3 Å². The molecule has 0 saturated heterocycles. The molecule has 1 aliphatic rings. The van der Waals surface area contributed by atoms with Crippen LogP contribution in [0.4, 0.5) is 10.7 Å². The number of nitrogens with one attached hydrogen (secondary N) is 3. The lowest BCUT2D eigenvalue weighted by Crippen LogP contribution is -3.13. The second-order valence-electron chi connectivity index (χ2n) is 6.19. The number of nitriles is 1. The number of carbonyl (C=O) groups is 2. The first-order valence-corrected chi connectivity index (χ1v) is 9.77. The molecule has 2 aromatic rings. The number of ether oxygens (including phenoxy) is 2. The van der Waals surface area contributed by atoms with Gasteiger partial charge in [0, 0.05) is 11.8 Å². The minimum atomic E-state index is -0.233. The summed E-state index contributed by atoms with van der Waals surface area (Å²) < 4.78 is 11.0. The Labute approximate surface area is 166 Å². The number of fused-ring (bicyclic) bond motifs is 1. The van der Waals surface area contributed by atoms with Crippen LogP contribution in [-0.4, -0.2) is 44.7 Å². The molecule has 146 valence electrons. The van der Waals surface area contributed by atoms with Crippen LogP contribution >= 0.6 is 11.3 Å². The third-order valence-corrected chi connectivity index (χ3v) is 5.02. The fourth-order valence-corrected chi connectivity index (χ4v) is 3.51. The number of hydrogen-bond acceptors (Lipinski definition) is 6. The van der Waals surface area contributed by atoms with Gasteiger partial charge in [-0.15, -0.1) is 11.3 Å². The number of nitrogens with zero attached hydrogens (tertiary/aromatic N) is 1. The van der Waals surface area contributed by atoms with Crippen molar-refractivity contribution in [2.75, 3.05) is 43.5 Å². The number of hydrogen-bond donors (Lipinski definition) is 3. The lowest BCUT2D eigenvalue weighted by Gasteiger charge is -2.19. The number of anilines is 2. The fraction of sp³-hybridized carbons (Fsp3) is 0.316. The van der Waals surface area contributed by atoms with Crippen LogP contribution in [0.15, 0.2) is 29.6 Å². The highest BCUT2D eigenvalue weighted by Gasteiger charge is 2.19. The fourth-order valence-electron chi connectivity index (χ4n) is 2.76. The molecule has 0 fully saturated rings. The van der Waals surface area contributed by atoms with E-state index in [-0.39, 0.29) is 24.9 Å². The molecular weight excluding hydrogens is 380 g/mol. The summed E-state index contributed by atoms with van der Waals surface area (Å²) in [7, 11) is 0. The maximum Gasteiger partial charge on any atom is 0.280 e. The number of likely N-dealkylation sites (N-methyl/N-ethyl adjacent to an activating group) is 1. The number of amides is 2. The van der Waals surface area contributed by atoms with Crippen LogP contribution in [0.2, 0.25) is 0 Å². The molecule has 9 heteroatoms. The molecule has 1 atom stereocenters. The summed E-state index contributed by atoms with van der Waals surface area (Å²) in [5.41, 5.74) is 1.05. The molecular formula is C19H21N4O4S+. The zero-order chi connectivity index (χ0) is 19.9. The van der Waals surface area contributed by atoms with Gasteiger partial charge in [-0.1, -0.05) is 0 Å². The highest BCUT2D eigenvalue weighted by Crippen LogP contribution is 2.32. The summed E-state index contributed by atoms with van der Waals surface area (Å²) in [6.45, 7) is 3.78. The number of thiophene rings is 1. The molecule has 1 aromatic heterocycles. The molecule has 1 aliphatic heterocycles. The average molecular weight is 401 g/mol. The van der Waals surface area contributed by atoms with Crippen LogP contribution in [0.25, 0.3) is 0 Å². The van der Waals surface area contributed by atoms with E-state index >= 15 is 0 Å². The van der Waals surface area contributed by atoms with E-state index in [4.69, 9.17) is 14.7 Å². The Morgan fingerprint density at radius 2 is 1.86 bits per heavy atom. The van der Waals surface area contributed by atoms with Gasteiger partial charge in [-0.05, 0) is 30.5 Å². The van der Waals surface area contributed by atoms with Crippen molar-refractivity contribution in [2.45, 2.75) is 6.92 Å².